The van der Waals surface area contributed by atoms with E-state index >= 15 is 0 Å². The van der Waals surface area contributed by atoms with Gasteiger partial charge in [-0.25, -0.2) is 0 Å². The first-order chi connectivity index (χ1) is 7.25. The molecule has 0 saturated heterocycles. The van der Waals surface area contributed by atoms with Gasteiger partial charge < -0.3 is 16.0 Å². The summed E-state index contributed by atoms with van der Waals surface area (Å²) in [7, 11) is 0. The zero-order chi connectivity index (χ0) is 10.7. The number of carbonyl (C=O) groups excluding carboxylic acids is 1. The third-order valence-corrected chi connectivity index (χ3v) is 2.97. The van der Waals surface area contributed by atoms with Gasteiger partial charge in [-0.15, -0.1) is 0 Å². The van der Waals surface area contributed by atoms with Gasteiger partial charge in [0.15, 0.2) is 0 Å². The smallest absolute Gasteiger partial charge is 0.223 e. The molecule has 1 aliphatic carbocycles. The Kier molecular flexibility index (Phi) is 3.06. The van der Waals surface area contributed by atoms with Crippen molar-refractivity contribution in [2.24, 2.45) is 11.7 Å². The van der Waals surface area contributed by atoms with E-state index in [0.29, 0.717) is 6.54 Å². The number of aromatic nitrogens is 1. The number of H-pyrrole nitrogens is 1. The van der Waals surface area contributed by atoms with Crippen molar-refractivity contribution >= 4 is 5.91 Å². The van der Waals surface area contributed by atoms with Crippen LogP contribution in [0.25, 0.3) is 0 Å². The Labute approximate surface area is 89.2 Å². The van der Waals surface area contributed by atoms with Crippen LogP contribution >= 0.6 is 0 Å². The molecule has 4 heteroatoms. The largest absolute Gasteiger partial charge is 0.367 e. The molecule has 1 fully saturated rings. The van der Waals surface area contributed by atoms with Gasteiger partial charge in [-0.3, -0.25) is 4.79 Å². The van der Waals surface area contributed by atoms with E-state index in [1.165, 1.54) is 0 Å². The molecule has 2 atom stereocenters. The second kappa shape index (κ2) is 4.49. The van der Waals surface area contributed by atoms with Gasteiger partial charge in [0.05, 0.1) is 0 Å². The Morgan fingerprint density at radius 3 is 3.07 bits per heavy atom. The van der Waals surface area contributed by atoms with Gasteiger partial charge >= 0.3 is 0 Å². The molecule has 1 heterocycles. The monoisotopic (exact) mass is 207 g/mol. The Balaban J connectivity index is 1.78. The maximum atomic E-state index is 11.7. The van der Waals surface area contributed by atoms with Crippen LogP contribution in [0.3, 0.4) is 0 Å². The van der Waals surface area contributed by atoms with E-state index in [1.807, 2.05) is 18.5 Å². The second-order valence-corrected chi connectivity index (χ2v) is 4.21. The highest BCUT2D eigenvalue weighted by Gasteiger charge is 2.27. The zero-order valence-electron chi connectivity index (χ0n) is 8.70. The fourth-order valence-electron chi connectivity index (χ4n) is 2.06. The fourth-order valence-corrected chi connectivity index (χ4v) is 2.06. The Morgan fingerprint density at radius 2 is 2.47 bits per heavy atom. The van der Waals surface area contributed by atoms with E-state index in [4.69, 9.17) is 5.73 Å². The van der Waals surface area contributed by atoms with Crippen LogP contribution in [0.2, 0.25) is 0 Å². The number of hydrogen-bond donors (Lipinski definition) is 3. The topological polar surface area (TPSA) is 70.9 Å². The number of amides is 1. The molecule has 15 heavy (non-hydrogen) atoms. The highest BCUT2D eigenvalue weighted by molar-refractivity contribution is 5.78. The molecule has 0 bridgehead atoms. The normalized spacial score (nSPS) is 25.4. The molecule has 4 nitrogen and oxygen atoms in total. The van der Waals surface area contributed by atoms with E-state index in [1.54, 1.807) is 0 Å². The molecule has 0 spiro atoms. The summed E-state index contributed by atoms with van der Waals surface area (Å²) in [6, 6.07) is 2.17. The fraction of sp³-hybridized carbons (Fsp3) is 0.545. The van der Waals surface area contributed by atoms with E-state index < -0.39 is 0 Å². The highest BCUT2D eigenvalue weighted by atomic mass is 16.1. The maximum absolute atomic E-state index is 11.7. The molecule has 0 aromatic carbocycles. The van der Waals surface area contributed by atoms with Gasteiger partial charge in [0.25, 0.3) is 0 Å². The number of rotatable bonds is 3. The summed E-state index contributed by atoms with van der Waals surface area (Å²) in [4.78, 5) is 14.7. The van der Waals surface area contributed by atoms with Crippen LogP contribution in [0, 0.1) is 5.92 Å². The van der Waals surface area contributed by atoms with Crippen LogP contribution in [-0.2, 0) is 11.3 Å². The van der Waals surface area contributed by atoms with Gasteiger partial charge in [-0.1, -0.05) is 0 Å². The molecule has 1 saturated carbocycles. The molecule has 1 aliphatic rings. The predicted octanol–water partition coefficient (Wildman–Crippen LogP) is 0.758. The van der Waals surface area contributed by atoms with E-state index in [2.05, 4.69) is 10.3 Å². The van der Waals surface area contributed by atoms with E-state index in [-0.39, 0.29) is 17.9 Å². The summed E-state index contributed by atoms with van der Waals surface area (Å²) >= 11 is 0. The van der Waals surface area contributed by atoms with Crippen LogP contribution in [-0.4, -0.2) is 16.9 Å². The Bertz CT molecular complexity index is 321. The lowest BCUT2D eigenvalue weighted by Gasteiger charge is -2.09. The number of nitrogens with one attached hydrogen (secondary N) is 2. The van der Waals surface area contributed by atoms with Crippen molar-refractivity contribution in [2.75, 3.05) is 0 Å². The first-order valence-electron chi connectivity index (χ1n) is 5.40. The van der Waals surface area contributed by atoms with Gasteiger partial charge in [0, 0.05) is 30.9 Å². The lowest BCUT2D eigenvalue weighted by Crippen LogP contribution is -2.29. The lowest BCUT2D eigenvalue weighted by atomic mass is 10.1. The van der Waals surface area contributed by atoms with Crippen molar-refractivity contribution in [3.63, 3.8) is 0 Å². The third-order valence-electron chi connectivity index (χ3n) is 2.97. The molecule has 1 aromatic heterocycles. The van der Waals surface area contributed by atoms with Crippen molar-refractivity contribution in [1.29, 1.82) is 0 Å². The van der Waals surface area contributed by atoms with Crippen molar-refractivity contribution < 1.29 is 4.79 Å². The van der Waals surface area contributed by atoms with Crippen LogP contribution in [0.5, 0.6) is 0 Å². The van der Waals surface area contributed by atoms with Crippen LogP contribution in [0.15, 0.2) is 18.5 Å². The number of nitrogens with two attached hydrogens (primary N) is 1. The summed E-state index contributed by atoms with van der Waals surface area (Å²) in [5.74, 6) is 0.267. The standard InChI is InChI=1S/C11H17N3O/c12-10-2-1-9(5-10)11(15)14-7-8-3-4-13-6-8/h3-4,6,9-10,13H,1-2,5,7,12H2,(H,14,15). The third kappa shape index (κ3) is 2.59. The van der Waals surface area contributed by atoms with Crippen molar-refractivity contribution in [3.05, 3.63) is 24.0 Å². The molecule has 1 aromatic rings. The summed E-state index contributed by atoms with van der Waals surface area (Å²) < 4.78 is 0. The molecular weight excluding hydrogens is 190 g/mol. The summed E-state index contributed by atoms with van der Waals surface area (Å²) in [5.41, 5.74) is 6.87. The molecule has 4 N–H and O–H groups in total. The molecule has 1 amide bonds. The molecule has 0 aliphatic heterocycles. The first-order valence-corrected chi connectivity index (χ1v) is 5.40. The Hall–Kier alpha value is -1.29. The minimum absolute atomic E-state index is 0.124. The van der Waals surface area contributed by atoms with Crippen molar-refractivity contribution in [1.82, 2.24) is 10.3 Å². The average molecular weight is 207 g/mol. The average Bonchev–Trinajstić information content (AvgIpc) is 2.84. The van der Waals surface area contributed by atoms with E-state index in [0.717, 1.165) is 24.8 Å². The quantitative estimate of drug-likeness (QED) is 0.684. The SMILES string of the molecule is NC1CCC(C(=O)NCc2cc[nH]c2)C1. The molecule has 82 valence electrons. The van der Waals surface area contributed by atoms with Gasteiger partial charge in [0.2, 0.25) is 5.91 Å². The molecule has 2 unspecified atom stereocenters. The van der Waals surface area contributed by atoms with Gasteiger partial charge in [0.1, 0.15) is 0 Å². The maximum Gasteiger partial charge on any atom is 0.223 e. The van der Waals surface area contributed by atoms with Crippen molar-refractivity contribution in [2.45, 2.75) is 31.8 Å². The zero-order valence-corrected chi connectivity index (χ0v) is 8.70. The number of hydrogen-bond acceptors (Lipinski definition) is 2. The highest BCUT2D eigenvalue weighted by Crippen LogP contribution is 2.24. The molecule has 0 radical (unpaired) electrons. The van der Waals surface area contributed by atoms with Crippen LogP contribution < -0.4 is 11.1 Å². The molecular formula is C11H17N3O. The van der Waals surface area contributed by atoms with Crippen LogP contribution in [0.1, 0.15) is 24.8 Å². The Morgan fingerprint density at radius 1 is 1.60 bits per heavy atom. The summed E-state index contributed by atoms with van der Waals surface area (Å²) in [5, 5.41) is 2.93. The minimum atomic E-state index is 0.124. The predicted molar refractivity (Wildman–Crippen MR) is 58.0 cm³/mol. The van der Waals surface area contributed by atoms with Crippen molar-refractivity contribution in [3.8, 4) is 0 Å². The van der Waals surface area contributed by atoms with Gasteiger partial charge in [-0.2, -0.15) is 0 Å². The van der Waals surface area contributed by atoms with Gasteiger partial charge in [-0.05, 0) is 30.9 Å². The number of aromatic amines is 1. The lowest BCUT2D eigenvalue weighted by molar-refractivity contribution is -0.125. The second-order valence-electron chi connectivity index (χ2n) is 4.21. The summed E-state index contributed by atoms with van der Waals surface area (Å²) in [6.45, 7) is 0.605. The molecule has 2 rings (SSSR count). The van der Waals surface area contributed by atoms with E-state index in [9.17, 15) is 4.79 Å². The first kappa shape index (κ1) is 10.2. The minimum Gasteiger partial charge on any atom is -0.367 e. The summed E-state index contributed by atoms with van der Waals surface area (Å²) in [6.07, 6.45) is 6.48. The number of carbonyl (C=O) groups is 1. The van der Waals surface area contributed by atoms with Crippen LogP contribution in [0.4, 0.5) is 0 Å².